The Kier molecular flexibility index (Phi) is 4.48. The summed E-state index contributed by atoms with van der Waals surface area (Å²) < 4.78 is 2.20. The third-order valence-electron chi connectivity index (χ3n) is 2.15. The third kappa shape index (κ3) is 3.03. The van der Waals surface area contributed by atoms with E-state index in [2.05, 4.69) is 30.3 Å². The van der Waals surface area contributed by atoms with E-state index >= 15 is 0 Å². The number of nitrogens with zero attached hydrogens (tertiary/aromatic N) is 2. The van der Waals surface area contributed by atoms with Crippen LogP contribution >= 0.6 is 11.8 Å². The maximum Gasteiger partial charge on any atom is 0.0950 e. The molecule has 14 heavy (non-hydrogen) atoms. The first-order chi connectivity index (χ1) is 6.65. The zero-order valence-corrected chi connectivity index (χ0v) is 9.92. The molecule has 0 bridgehead atoms. The Morgan fingerprint density at radius 1 is 1.50 bits per heavy atom. The molecule has 0 saturated heterocycles. The highest BCUT2D eigenvalue weighted by atomic mass is 32.2. The molecule has 80 valence electrons. The largest absolute Gasteiger partial charge is 0.331 e. The number of aromatic nitrogens is 2. The fourth-order valence-corrected chi connectivity index (χ4v) is 2.02. The molecule has 0 fully saturated rings. The van der Waals surface area contributed by atoms with Gasteiger partial charge in [0.15, 0.2) is 0 Å². The summed E-state index contributed by atoms with van der Waals surface area (Å²) in [6, 6.07) is 0.487. The molecule has 0 saturated carbocycles. The quantitative estimate of drug-likeness (QED) is 0.814. The van der Waals surface area contributed by atoms with Gasteiger partial charge in [-0.2, -0.15) is 11.8 Å². The summed E-state index contributed by atoms with van der Waals surface area (Å²) in [6.07, 6.45) is 3.84. The summed E-state index contributed by atoms with van der Waals surface area (Å²) in [5.41, 5.74) is 6.85. The molecule has 2 N–H and O–H groups in total. The Morgan fingerprint density at radius 3 is 2.79 bits per heavy atom. The SMILES string of the molecule is CC(CN)SCc1cncn1C(C)C. The van der Waals surface area contributed by atoms with Gasteiger partial charge in [-0.3, -0.25) is 0 Å². The van der Waals surface area contributed by atoms with Crippen LogP contribution in [0.3, 0.4) is 0 Å². The van der Waals surface area contributed by atoms with E-state index in [-0.39, 0.29) is 0 Å². The van der Waals surface area contributed by atoms with Gasteiger partial charge in [0.25, 0.3) is 0 Å². The standard InChI is InChI=1S/C10H19N3S/c1-8(2)13-7-12-5-10(13)6-14-9(3)4-11/h5,7-9H,4,6,11H2,1-3H3. The van der Waals surface area contributed by atoms with E-state index in [1.807, 2.05) is 24.3 Å². The molecule has 4 heteroatoms. The minimum Gasteiger partial charge on any atom is -0.331 e. The maximum absolute atomic E-state index is 5.57. The molecule has 3 nitrogen and oxygen atoms in total. The van der Waals surface area contributed by atoms with Crippen molar-refractivity contribution in [3.05, 3.63) is 18.2 Å². The number of nitrogens with two attached hydrogens (primary N) is 1. The number of hydrogen-bond acceptors (Lipinski definition) is 3. The van der Waals surface area contributed by atoms with Crippen molar-refractivity contribution in [2.24, 2.45) is 5.73 Å². The molecular weight excluding hydrogens is 194 g/mol. The average Bonchev–Trinajstić information content (AvgIpc) is 2.62. The third-order valence-corrected chi connectivity index (χ3v) is 3.37. The van der Waals surface area contributed by atoms with Gasteiger partial charge in [-0.1, -0.05) is 6.92 Å². The highest BCUT2D eigenvalue weighted by Gasteiger charge is 2.07. The Labute approximate surface area is 90.1 Å². The molecule has 0 spiro atoms. The van der Waals surface area contributed by atoms with Crippen LogP contribution in [-0.4, -0.2) is 21.3 Å². The molecule has 0 radical (unpaired) electrons. The van der Waals surface area contributed by atoms with Crippen molar-refractivity contribution < 1.29 is 0 Å². The van der Waals surface area contributed by atoms with Crippen LogP contribution in [0.15, 0.2) is 12.5 Å². The summed E-state index contributed by atoms with van der Waals surface area (Å²) in [4.78, 5) is 4.17. The first-order valence-corrected chi connectivity index (χ1v) is 6.02. The summed E-state index contributed by atoms with van der Waals surface area (Å²) in [5.74, 6) is 0.997. The van der Waals surface area contributed by atoms with Crippen LogP contribution in [0.1, 0.15) is 32.5 Å². The van der Waals surface area contributed by atoms with E-state index in [1.165, 1.54) is 5.69 Å². The molecule has 0 aromatic carbocycles. The monoisotopic (exact) mass is 213 g/mol. The second-order valence-corrected chi connectivity index (χ2v) is 5.17. The van der Waals surface area contributed by atoms with Gasteiger partial charge < -0.3 is 10.3 Å². The van der Waals surface area contributed by atoms with E-state index < -0.39 is 0 Å². The van der Waals surface area contributed by atoms with E-state index in [1.54, 1.807) is 0 Å². The average molecular weight is 213 g/mol. The van der Waals surface area contributed by atoms with Gasteiger partial charge >= 0.3 is 0 Å². The van der Waals surface area contributed by atoms with Gasteiger partial charge in [0.2, 0.25) is 0 Å². The Morgan fingerprint density at radius 2 is 2.21 bits per heavy atom. The number of hydrogen-bond donors (Lipinski definition) is 1. The van der Waals surface area contributed by atoms with Crippen molar-refractivity contribution >= 4 is 11.8 Å². The molecule has 1 atom stereocenters. The van der Waals surface area contributed by atoms with E-state index in [0.717, 1.165) is 12.3 Å². The zero-order chi connectivity index (χ0) is 10.6. The fraction of sp³-hybridized carbons (Fsp3) is 0.700. The molecule has 1 aromatic rings. The minimum atomic E-state index is 0.487. The molecule has 1 heterocycles. The number of imidazole rings is 1. The van der Waals surface area contributed by atoms with Gasteiger partial charge in [-0.15, -0.1) is 0 Å². The highest BCUT2D eigenvalue weighted by Crippen LogP contribution is 2.18. The maximum atomic E-state index is 5.57. The van der Waals surface area contributed by atoms with Crippen molar-refractivity contribution in [3.63, 3.8) is 0 Å². The molecular formula is C10H19N3S. The van der Waals surface area contributed by atoms with Crippen molar-refractivity contribution in [2.45, 2.75) is 37.8 Å². The van der Waals surface area contributed by atoms with Crippen molar-refractivity contribution in [3.8, 4) is 0 Å². The molecule has 0 aliphatic rings. The van der Waals surface area contributed by atoms with Gasteiger partial charge in [0.1, 0.15) is 0 Å². The van der Waals surface area contributed by atoms with Crippen LogP contribution < -0.4 is 5.73 Å². The number of rotatable bonds is 5. The van der Waals surface area contributed by atoms with Crippen LogP contribution in [0, 0.1) is 0 Å². The smallest absolute Gasteiger partial charge is 0.0950 e. The van der Waals surface area contributed by atoms with Crippen LogP contribution in [0.25, 0.3) is 0 Å². The summed E-state index contributed by atoms with van der Waals surface area (Å²) in [5, 5.41) is 0.519. The van der Waals surface area contributed by atoms with Gasteiger partial charge in [0.05, 0.1) is 6.33 Å². The summed E-state index contributed by atoms with van der Waals surface area (Å²) in [7, 11) is 0. The Hall–Kier alpha value is -0.480. The van der Waals surface area contributed by atoms with E-state index in [4.69, 9.17) is 5.73 Å². The Bertz CT molecular complexity index is 270. The Balaban J connectivity index is 2.54. The lowest BCUT2D eigenvalue weighted by atomic mass is 10.4. The van der Waals surface area contributed by atoms with Crippen molar-refractivity contribution in [1.82, 2.24) is 9.55 Å². The lowest BCUT2D eigenvalue weighted by molar-refractivity contribution is 0.583. The molecule has 1 unspecified atom stereocenters. The van der Waals surface area contributed by atoms with E-state index in [9.17, 15) is 0 Å². The molecule has 0 aliphatic heterocycles. The number of thioether (sulfide) groups is 1. The molecule has 1 aromatic heterocycles. The zero-order valence-electron chi connectivity index (χ0n) is 9.10. The predicted molar refractivity (Wildman–Crippen MR) is 62.4 cm³/mol. The van der Waals surface area contributed by atoms with Gasteiger partial charge in [-0.05, 0) is 13.8 Å². The molecule has 0 amide bonds. The van der Waals surface area contributed by atoms with E-state index in [0.29, 0.717) is 11.3 Å². The van der Waals surface area contributed by atoms with Crippen LogP contribution in [0.4, 0.5) is 0 Å². The topological polar surface area (TPSA) is 43.8 Å². The highest BCUT2D eigenvalue weighted by molar-refractivity contribution is 7.99. The first-order valence-electron chi connectivity index (χ1n) is 4.97. The molecule has 1 rings (SSSR count). The normalized spacial score (nSPS) is 13.5. The lowest BCUT2D eigenvalue weighted by Gasteiger charge is -2.13. The first kappa shape index (κ1) is 11.6. The van der Waals surface area contributed by atoms with Crippen LogP contribution in [0.5, 0.6) is 0 Å². The summed E-state index contributed by atoms with van der Waals surface area (Å²) >= 11 is 1.88. The fourth-order valence-electron chi connectivity index (χ4n) is 1.20. The van der Waals surface area contributed by atoms with Crippen LogP contribution in [0.2, 0.25) is 0 Å². The van der Waals surface area contributed by atoms with Gasteiger partial charge in [-0.25, -0.2) is 4.98 Å². The second-order valence-electron chi connectivity index (χ2n) is 3.74. The minimum absolute atomic E-state index is 0.487. The van der Waals surface area contributed by atoms with Crippen LogP contribution in [-0.2, 0) is 5.75 Å². The second kappa shape index (κ2) is 5.41. The molecule has 0 aliphatic carbocycles. The lowest BCUT2D eigenvalue weighted by Crippen LogP contribution is -2.13. The van der Waals surface area contributed by atoms with Crippen molar-refractivity contribution in [2.75, 3.05) is 6.54 Å². The van der Waals surface area contributed by atoms with Gasteiger partial charge in [0, 0.05) is 35.5 Å². The van der Waals surface area contributed by atoms with Crippen molar-refractivity contribution in [1.29, 1.82) is 0 Å². The summed E-state index contributed by atoms with van der Waals surface area (Å²) in [6.45, 7) is 7.23. The predicted octanol–water partition coefficient (Wildman–Crippen LogP) is 2.04.